The van der Waals surface area contributed by atoms with Crippen molar-refractivity contribution in [2.75, 3.05) is 31.1 Å². The van der Waals surface area contributed by atoms with Gasteiger partial charge in [0.15, 0.2) is 0 Å². The summed E-state index contributed by atoms with van der Waals surface area (Å²) in [6.45, 7) is 7.67. The van der Waals surface area contributed by atoms with E-state index < -0.39 is 0 Å². The summed E-state index contributed by atoms with van der Waals surface area (Å²) in [4.78, 5) is 15.8. The number of halogens is 1. The Labute approximate surface area is 125 Å². The van der Waals surface area contributed by atoms with E-state index >= 15 is 0 Å². The molecule has 2 saturated heterocycles. The molecule has 1 amide bonds. The number of fused-ring (bicyclic) bond motifs is 1. The number of anilines is 1. The molecule has 0 N–H and O–H groups in total. The molecule has 3 rings (SSSR count). The first-order valence-electron chi connectivity index (χ1n) is 7.37. The molecule has 2 heterocycles. The smallest absolute Gasteiger partial charge is 0.219 e. The fourth-order valence-electron chi connectivity index (χ4n) is 3.47. The molecule has 108 valence electrons. The summed E-state index contributed by atoms with van der Waals surface area (Å²) in [5.41, 5.74) is 2.49. The van der Waals surface area contributed by atoms with Gasteiger partial charge in [0, 0.05) is 44.9 Å². The molecule has 0 saturated carbocycles. The number of benzene rings is 1. The van der Waals surface area contributed by atoms with Crippen molar-refractivity contribution in [3.8, 4) is 0 Å². The van der Waals surface area contributed by atoms with Crippen LogP contribution in [0.2, 0.25) is 5.02 Å². The molecule has 3 nitrogen and oxygen atoms in total. The van der Waals surface area contributed by atoms with Gasteiger partial charge in [0.1, 0.15) is 0 Å². The lowest BCUT2D eigenvalue weighted by Crippen LogP contribution is -2.31. The molecular weight excluding hydrogens is 272 g/mol. The lowest BCUT2D eigenvalue weighted by atomic mass is 10.0. The van der Waals surface area contributed by atoms with Gasteiger partial charge in [0.05, 0.1) is 10.7 Å². The number of hydrogen-bond donors (Lipinski definition) is 0. The highest BCUT2D eigenvalue weighted by molar-refractivity contribution is 6.33. The molecule has 0 radical (unpaired) electrons. The van der Waals surface area contributed by atoms with Gasteiger partial charge in [-0.3, -0.25) is 4.79 Å². The summed E-state index contributed by atoms with van der Waals surface area (Å²) < 4.78 is 0. The molecule has 2 unspecified atom stereocenters. The van der Waals surface area contributed by atoms with Crippen LogP contribution in [0.5, 0.6) is 0 Å². The summed E-state index contributed by atoms with van der Waals surface area (Å²) in [7, 11) is 0. The molecular formula is C16H21ClN2O. The third-order valence-electron chi connectivity index (χ3n) is 4.69. The first-order valence-corrected chi connectivity index (χ1v) is 7.75. The van der Waals surface area contributed by atoms with Crippen molar-refractivity contribution in [3.05, 3.63) is 28.8 Å². The standard InChI is InChI=1S/C16H21ClN2O/c1-3-12-4-5-15(17)16(6-12)19-9-13-7-18(11(2)20)8-14(13)10-19/h4-6,13-14H,3,7-10H2,1-2H3. The summed E-state index contributed by atoms with van der Waals surface area (Å²) >= 11 is 6.36. The first kappa shape index (κ1) is 13.7. The molecule has 0 spiro atoms. The highest BCUT2D eigenvalue weighted by Gasteiger charge is 2.41. The molecule has 4 heteroatoms. The van der Waals surface area contributed by atoms with E-state index in [1.54, 1.807) is 6.92 Å². The monoisotopic (exact) mass is 292 g/mol. The largest absolute Gasteiger partial charge is 0.370 e. The van der Waals surface area contributed by atoms with Gasteiger partial charge in [0.25, 0.3) is 0 Å². The average molecular weight is 293 g/mol. The van der Waals surface area contributed by atoms with Crippen LogP contribution in [0.4, 0.5) is 5.69 Å². The van der Waals surface area contributed by atoms with Gasteiger partial charge in [0.2, 0.25) is 5.91 Å². The van der Waals surface area contributed by atoms with E-state index in [-0.39, 0.29) is 5.91 Å². The van der Waals surface area contributed by atoms with Crippen LogP contribution >= 0.6 is 11.6 Å². The van der Waals surface area contributed by atoms with Crippen LogP contribution in [-0.2, 0) is 11.2 Å². The molecule has 2 aliphatic heterocycles. The van der Waals surface area contributed by atoms with E-state index in [0.29, 0.717) is 11.8 Å². The highest BCUT2D eigenvalue weighted by atomic mass is 35.5. The van der Waals surface area contributed by atoms with Crippen molar-refractivity contribution in [3.63, 3.8) is 0 Å². The Balaban J connectivity index is 1.75. The Kier molecular flexibility index (Phi) is 3.63. The first-order chi connectivity index (χ1) is 9.58. The molecule has 0 aromatic heterocycles. The lowest BCUT2D eigenvalue weighted by Gasteiger charge is -2.24. The summed E-state index contributed by atoms with van der Waals surface area (Å²) in [5, 5.41) is 0.839. The minimum Gasteiger partial charge on any atom is -0.370 e. The molecule has 20 heavy (non-hydrogen) atoms. The van der Waals surface area contributed by atoms with E-state index in [2.05, 4.69) is 24.0 Å². The average Bonchev–Trinajstić information content (AvgIpc) is 2.97. The number of hydrogen-bond acceptors (Lipinski definition) is 2. The van der Waals surface area contributed by atoms with Crippen molar-refractivity contribution in [1.29, 1.82) is 0 Å². The SMILES string of the molecule is CCc1ccc(Cl)c(N2CC3CN(C(C)=O)CC3C2)c1. The predicted octanol–water partition coefficient (Wildman–Crippen LogP) is 2.82. The number of amides is 1. The number of nitrogens with zero attached hydrogens (tertiary/aromatic N) is 2. The van der Waals surface area contributed by atoms with E-state index in [0.717, 1.165) is 43.3 Å². The Bertz CT molecular complexity index is 517. The lowest BCUT2D eigenvalue weighted by molar-refractivity contribution is -0.128. The summed E-state index contributed by atoms with van der Waals surface area (Å²) in [6, 6.07) is 6.32. The maximum Gasteiger partial charge on any atom is 0.219 e. The molecule has 2 aliphatic rings. The van der Waals surface area contributed by atoms with Crippen LogP contribution in [-0.4, -0.2) is 37.0 Å². The quantitative estimate of drug-likeness (QED) is 0.837. The van der Waals surface area contributed by atoms with Crippen LogP contribution < -0.4 is 4.90 Å². The van der Waals surface area contributed by atoms with Crippen molar-refractivity contribution in [2.45, 2.75) is 20.3 Å². The molecule has 2 atom stereocenters. The normalized spacial score (nSPS) is 25.1. The number of rotatable bonds is 2. The molecule has 2 fully saturated rings. The Morgan fingerprint density at radius 2 is 1.90 bits per heavy atom. The van der Waals surface area contributed by atoms with Crippen LogP contribution in [0.1, 0.15) is 19.4 Å². The molecule has 1 aromatic carbocycles. The number of carbonyl (C=O) groups is 1. The van der Waals surface area contributed by atoms with E-state index in [1.807, 2.05) is 11.0 Å². The maximum absolute atomic E-state index is 11.5. The number of likely N-dealkylation sites (tertiary alicyclic amines) is 1. The van der Waals surface area contributed by atoms with Crippen molar-refractivity contribution >= 4 is 23.2 Å². The highest BCUT2D eigenvalue weighted by Crippen LogP contribution is 2.37. The predicted molar refractivity (Wildman–Crippen MR) is 82.3 cm³/mol. The van der Waals surface area contributed by atoms with Crippen LogP contribution in [0.15, 0.2) is 18.2 Å². The van der Waals surface area contributed by atoms with E-state index in [9.17, 15) is 4.79 Å². The topological polar surface area (TPSA) is 23.6 Å². The van der Waals surface area contributed by atoms with Gasteiger partial charge >= 0.3 is 0 Å². The van der Waals surface area contributed by atoms with Crippen LogP contribution in [0.25, 0.3) is 0 Å². The van der Waals surface area contributed by atoms with Gasteiger partial charge in [-0.05, 0) is 24.1 Å². The minimum absolute atomic E-state index is 0.206. The second-order valence-electron chi connectivity index (χ2n) is 5.99. The molecule has 0 bridgehead atoms. The number of aryl methyl sites for hydroxylation is 1. The van der Waals surface area contributed by atoms with Crippen LogP contribution in [0, 0.1) is 11.8 Å². The van der Waals surface area contributed by atoms with Crippen molar-refractivity contribution < 1.29 is 4.79 Å². The Morgan fingerprint density at radius 3 is 2.45 bits per heavy atom. The molecule has 0 aliphatic carbocycles. The third-order valence-corrected chi connectivity index (χ3v) is 5.01. The van der Waals surface area contributed by atoms with Crippen molar-refractivity contribution in [1.82, 2.24) is 4.90 Å². The Hall–Kier alpha value is -1.22. The fraction of sp³-hybridized carbons (Fsp3) is 0.562. The zero-order chi connectivity index (χ0) is 14.3. The van der Waals surface area contributed by atoms with Gasteiger partial charge < -0.3 is 9.80 Å². The van der Waals surface area contributed by atoms with Gasteiger partial charge in [-0.15, -0.1) is 0 Å². The van der Waals surface area contributed by atoms with Crippen molar-refractivity contribution in [2.24, 2.45) is 11.8 Å². The molecule has 1 aromatic rings. The second kappa shape index (κ2) is 5.28. The minimum atomic E-state index is 0.206. The summed E-state index contributed by atoms with van der Waals surface area (Å²) in [5.74, 6) is 1.40. The fourth-order valence-corrected chi connectivity index (χ4v) is 3.70. The van der Waals surface area contributed by atoms with Gasteiger partial charge in [-0.2, -0.15) is 0 Å². The number of carbonyl (C=O) groups excluding carboxylic acids is 1. The van der Waals surface area contributed by atoms with E-state index in [4.69, 9.17) is 11.6 Å². The van der Waals surface area contributed by atoms with Crippen LogP contribution in [0.3, 0.4) is 0 Å². The zero-order valence-corrected chi connectivity index (χ0v) is 12.9. The zero-order valence-electron chi connectivity index (χ0n) is 12.1. The maximum atomic E-state index is 11.5. The third kappa shape index (κ3) is 2.39. The summed E-state index contributed by atoms with van der Waals surface area (Å²) in [6.07, 6.45) is 1.03. The van der Waals surface area contributed by atoms with E-state index in [1.165, 1.54) is 5.56 Å². The Morgan fingerprint density at radius 1 is 1.25 bits per heavy atom. The second-order valence-corrected chi connectivity index (χ2v) is 6.40. The van der Waals surface area contributed by atoms with Gasteiger partial charge in [-0.1, -0.05) is 24.6 Å². The van der Waals surface area contributed by atoms with Gasteiger partial charge in [-0.25, -0.2) is 0 Å².